The van der Waals surface area contributed by atoms with E-state index in [9.17, 15) is 14.7 Å². The van der Waals surface area contributed by atoms with Gasteiger partial charge in [-0.15, -0.1) is 0 Å². The highest BCUT2D eigenvalue weighted by atomic mass is 16.6. The van der Waals surface area contributed by atoms with Crippen LogP contribution < -0.4 is 10.2 Å². The number of carbonyl (C=O) groups excluding carboxylic acids is 1. The van der Waals surface area contributed by atoms with E-state index in [-0.39, 0.29) is 6.42 Å². The van der Waals surface area contributed by atoms with E-state index in [1.807, 2.05) is 24.3 Å². The predicted molar refractivity (Wildman–Crippen MR) is 94.0 cm³/mol. The van der Waals surface area contributed by atoms with Crippen molar-refractivity contribution < 1.29 is 24.2 Å². The molecule has 1 amide bonds. The molecule has 2 rings (SSSR count). The van der Waals surface area contributed by atoms with Crippen LogP contribution in [0.5, 0.6) is 0 Å². The second kappa shape index (κ2) is 8.20. The summed E-state index contributed by atoms with van der Waals surface area (Å²) in [6, 6.07) is 6.58. The molecular formula is C18H26N2O5. The molecule has 1 atom stereocenters. The zero-order valence-electron chi connectivity index (χ0n) is 14.9. The topological polar surface area (TPSA) is 88.1 Å². The molecule has 1 aromatic rings. The van der Waals surface area contributed by atoms with E-state index in [4.69, 9.17) is 9.47 Å². The van der Waals surface area contributed by atoms with Crippen LogP contribution >= 0.6 is 0 Å². The molecule has 1 unspecified atom stereocenters. The quantitative estimate of drug-likeness (QED) is 0.845. The number of benzene rings is 1. The van der Waals surface area contributed by atoms with Gasteiger partial charge in [-0.25, -0.2) is 9.59 Å². The Kier molecular flexibility index (Phi) is 6.25. The van der Waals surface area contributed by atoms with E-state index in [2.05, 4.69) is 10.2 Å². The van der Waals surface area contributed by atoms with E-state index in [0.29, 0.717) is 13.2 Å². The van der Waals surface area contributed by atoms with Gasteiger partial charge in [0.2, 0.25) is 0 Å². The fraction of sp³-hybridized carbons (Fsp3) is 0.556. The number of ether oxygens (including phenoxy) is 2. The molecule has 2 N–H and O–H groups in total. The first kappa shape index (κ1) is 19.1. The van der Waals surface area contributed by atoms with E-state index >= 15 is 0 Å². The molecule has 1 heterocycles. The van der Waals surface area contributed by atoms with Crippen LogP contribution in [0.15, 0.2) is 24.3 Å². The molecule has 0 aromatic heterocycles. The summed E-state index contributed by atoms with van der Waals surface area (Å²) in [4.78, 5) is 25.7. The minimum atomic E-state index is -1.09. The number of carboxylic acids is 1. The zero-order chi connectivity index (χ0) is 18.4. The van der Waals surface area contributed by atoms with Crippen LogP contribution in [0.3, 0.4) is 0 Å². The summed E-state index contributed by atoms with van der Waals surface area (Å²) in [5.41, 5.74) is 1.16. The van der Waals surface area contributed by atoms with E-state index < -0.39 is 23.7 Å². The van der Waals surface area contributed by atoms with Crippen molar-refractivity contribution >= 4 is 17.7 Å². The van der Waals surface area contributed by atoms with Gasteiger partial charge in [0.1, 0.15) is 11.6 Å². The van der Waals surface area contributed by atoms with E-state index in [1.54, 1.807) is 20.8 Å². The number of alkyl carbamates (subject to hydrolysis) is 1. The molecule has 0 spiro atoms. The monoisotopic (exact) mass is 350 g/mol. The van der Waals surface area contributed by atoms with Crippen molar-refractivity contribution in [2.75, 3.05) is 31.2 Å². The Morgan fingerprint density at radius 3 is 2.52 bits per heavy atom. The first-order valence-electron chi connectivity index (χ1n) is 8.39. The zero-order valence-corrected chi connectivity index (χ0v) is 14.9. The number of morpholine rings is 1. The van der Waals surface area contributed by atoms with Crippen LogP contribution in [0, 0.1) is 0 Å². The van der Waals surface area contributed by atoms with Crippen LogP contribution in [-0.4, -0.2) is 55.1 Å². The fourth-order valence-electron chi connectivity index (χ4n) is 2.67. The molecule has 0 saturated carbocycles. The summed E-state index contributed by atoms with van der Waals surface area (Å²) in [6.45, 7) is 8.00. The lowest BCUT2D eigenvalue weighted by atomic mass is 10.0. The van der Waals surface area contributed by atoms with Crippen molar-refractivity contribution in [3.8, 4) is 0 Å². The summed E-state index contributed by atoms with van der Waals surface area (Å²) < 4.78 is 10.5. The first-order valence-corrected chi connectivity index (χ1v) is 8.39. The second-order valence-electron chi connectivity index (χ2n) is 6.97. The Balaban J connectivity index is 2.11. The van der Waals surface area contributed by atoms with Gasteiger partial charge in [-0.3, -0.25) is 0 Å². The standard InChI is InChI=1S/C18H26N2O5/c1-18(2,3)25-17(23)19-14(16(21)22)12-13-6-4-5-7-15(13)20-8-10-24-11-9-20/h4-7,14H,8-12H2,1-3H3,(H,19,23)(H,21,22). The number of hydrogen-bond donors (Lipinski definition) is 2. The number of rotatable bonds is 5. The molecule has 1 fully saturated rings. The van der Waals surface area contributed by atoms with Gasteiger partial charge in [-0.05, 0) is 32.4 Å². The summed E-state index contributed by atoms with van der Waals surface area (Å²) >= 11 is 0. The normalized spacial score (nSPS) is 16.2. The highest BCUT2D eigenvalue weighted by molar-refractivity contribution is 5.80. The van der Waals surface area contributed by atoms with Gasteiger partial charge in [-0.1, -0.05) is 18.2 Å². The number of anilines is 1. The van der Waals surface area contributed by atoms with Crippen molar-refractivity contribution in [3.63, 3.8) is 0 Å². The third-order valence-electron chi connectivity index (χ3n) is 3.76. The lowest BCUT2D eigenvalue weighted by Gasteiger charge is -2.31. The lowest BCUT2D eigenvalue weighted by molar-refractivity contribution is -0.139. The molecule has 1 aromatic carbocycles. The number of para-hydroxylation sites is 1. The Bertz CT molecular complexity index is 606. The van der Waals surface area contributed by atoms with Gasteiger partial charge < -0.3 is 24.8 Å². The third kappa shape index (κ3) is 5.94. The molecule has 0 aliphatic carbocycles. The average Bonchev–Trinajstić information content (AvgIpc) is 2.53. The number of carbonyl (C=O) groups is 2. The third-order valence-corrected chi connectivity index (χ3v) is 3.76. The smallest absolute Gasteiger partial charge is 0.408 e. The van der Waals surface area contributed by atoms with Crippen molar-refractivity contribution in [2.24, 2.45) is 0 Å². The molecular weight excluding hydrogens is 324 g/mol. The summed E-state index contributed by atoms with van der Waals surface area (Å²) in [6.07, 6.45) is -0.550. The summed E-state index contributed by atoms with van der Waals surface area (Å²) in [5, 5.41) is 11.9. The number of nitrogens with zero attached hydrogens (tertiary/aromatic N) is 1. The van der Waals surface area contributed by atoms with E-state index in [1.165, 1.54) is 0 Å². The molecule has 1 aliphatic heterocycles. The predicted octanol–water partition coefficient (Wildman–Crippen LogP) is 2.04. The molecule has 1 aliphatic rings. The maximum Gasteiger partial charge on any atom is 0.408 e. The van der Waals surface area contributed by atoms with Gasteiger partial charge in [0.15, 0.2) is 0 Å². The van der Waals surface area contributed by atoms with E-state index in [0.717, 1.165) is 24.3 Å². The number of nitrogens with one attached hydrogen (secondary N) is 1. The second-order valence-corrected chi connectivity index (χ2v) is 6.97. The number of hydrogen-bond acceptors (Lipinski definition) is 5. The Hall–Kier alpha value is -2.28. The van der Waals surface area contributed by atoms with Gasteiger partial charge in [0.25, 0.3) is 0 Å². The van der Waals surface area contributed by atoms with Crippen molar-refractivity contribution in [1.82, 2.24) is 5.32 Å². The van der Waals surface area contributed by atoms with Crippen LogP contribution in [0.1, 0.15) is 26.3 Å². The minimum absolute atomic E-state index is 0.183. The van der Waals surface area contributed by atoms with Gasteiger partial charge in [-0.2, -0.15) is 0 Å². The number of carboxylic acid groups (broad SMARTS) is 1. The number of aliphatic carboxylic acids is 1. The maximum absolute atomic E-state index is 11.9. The lowest BCUT2D eigenvalue weighted by Crippen LogP contribution is -2.45. The Morgan fingerprint density at radius 2 is 1.92 bits per heavy atom. The van der Waals surface area contributed by atoms with Gasteiger partial charge in [0, 0.05) is 25.2 Å². The first-order chi connectivity index (χ1) is 11.8. The molecule has 0 radical (unpaired) electrons. The van der Waals surface area contributed by atoms with Crippen molar-refractivity contribution in [3.05, 3.63) is 29.8 Å². The molecule has 138 valence electrons. The maximum atomic E-state index is 11.9. The molecule has 0 bridgehead atoms. The van der Waals surface area contributed by atoms with Crippen LogP contribution in [0.25, 0.3) is 0 Å². The number of amides is 1. The average molecular weight is 350 g/mol. The highest BCUT2D eigenvalue weighted by Gasteiger charge is 2.26. The van der Waals surface area contributed by atoms with Crippen LogP contribution in [0.2, 0.25) is 0 Å². The molecule has 7 nitrogen and oxygen atoms in total. The largest absolute Gasteiger partial charge is 0.480 e. The fourth-order valence-corrected chi connectivity index (χ4v) is 2.67. The summed E-state index contributed by atoms with van der Waals surface area (Å²) in [5.74, 6) is -1.09. The van der Waals surface area contributed by atoms with Gasteiger partial charge >= 0.3 is 12.1 Å². The van der Waals surface area contributed by atoms with Crippen molar-refractivity contribution in [2.45, 2.75) is 38.8 Å². The Labute approximate surface area is 147 Å². The van der Waals surface area contributed by atoms with Crippen LogP contribution in [-0.2, 0) is 20.7 Å². The minimum Gasteiger partial charge on any atom is -0.480 e. The molecule has 7 heteroatoms. The molecule has 25 heavy (non-hydrogen) atoms. The highest BCUT2D eigenvalue weighted by Crippen LogP contribution is 2.23. The van der Waals surface area contributed by atoms with Crippen molar-refractivity contribution in [1.29, 1.82) is 0 Å². The molecule has 1 saturated heterocycles. The SMILES string of the molecule is CC(C)(C)OC(=O)NC(Cc1ccccc1N1CCOCC1)C(=O)O. The van der Waals surface area contributed by atoms with Crippen LogP contribution in [0.4, 0.5) is 10.5 Å². The summed E-state index contributed by atoms with van der Waals surface area (Å²) in [7, 11) is 0. The Morgan fingerprint density at radius 1 is 1.28 bits per heavy atom. The van der Waals surface area contributed by atoms with Gasteiger partial charge in [0.05, 0.1) is 13.2 Å².